The molecule has 1 aliphatic heterocycles. The lowest BCUT2D eigenvalue weighted by atomic mass is 10.0. The van der Waals surface area contributed by atoms with Crippen molar-refractivity contribution in [3.8, 4) is 0 Å². The van der Waals surface area contributed by atoms with Crippen molar-refractivity contribution in [1.29, 1.82) is 0 Å². The zero-order chi connectivity index (χ0) is 8.39. The topological polar surface area (TPSA) is 0 Å². The third-order valence-electron chi connectivity index (χ3n) is 2.00. The molecule has 0 aromatic heterocycles. The largest absolute Gasteiger partial charge is 0.0895 e. The van der Waals surface area contributed by atoms with Crippen LogP contribution in [0.15, 0.2) is 28.3 Å². The summed E-state index contributed by atoms with van der Waals surface area (Å²) in [4.78, 5) is 0. The molecular weight excluding hydrogens is 259 g/mol. The lowest BCUT2D eigenvalue weighted by Crippen LogP contribution is -1.99. The van der Waals surface area contributed by atoms with Crippen LogP contribution >= 0.6 is 20.7 Å². The predicted molar refractivity (Wildman–Crippen MR) is 63.9 cm³/mol. The smallest absolute Gasteiger partial charge is 0.00712 e. The van der Waals surface area contributed by atoms with E-state index in [-0.39, 0.29) is 20.7 Å². The van der Waals surface area contributed by atoms with E-state index in [9.17, 15) is 0 Å². The second-order valence-corrected chi connectivity index (χ2v) is 5.39. The van der Waals surface area contributed by atoms with Gasteiger partial charge in [0.05, 0.1) is 0 Å². The first-order chi connectivity index (χ1) is 5.92. The molecule has 1 aromatic rings. The van der Waals surface area contributed by atoms with Gasteiger partial charge in [-0.2, -0.15) is 0 Å². The molecule has 0 spiro atoms. The van der Waals surface area contributed by atoms with Crippen LogP contribution in [0.3, 0.4) is 0 Å². The molecular formula is C11H11I. The number of fused-ring (bicyclic) bond motifs is 1. The van der Waals surface area contributed by atoms with E-state index >= 15 is 0 Å². The summed E-state index contributed by atoms with van der Waals surface area (Å²) in [6, 6.07) is 8.69. The predicted octanol–water partition coefficient (Wildman–Crippen LogP) is 3.57. The monoisotopic (exact) mass is 270 g/mol. The van der Waals surface area contributed by atoms with E-state index in [1.165, 1.54) is 17.5 Å². The highest BCUT2D eigenvalue weighted by atomic mass is 127. The van der Waals surface area contributed by atoms with Crippen molar-refractivity contribution in [1.82, 2.24) is 0 Å². The summed E-state index contributed by atoms with van der Waals surface area (Å²) in [7, 11) is 0. The van der Waals surface area contributed by atoms with Crippen molar-refractivity contribution in [3.63, 3.8) is 0 Å². The van der Waals surface area contributed by atoms with Crippen LogP contribution in [-0.4, -0.2) is 3.51 Å². The van der Waals surface area contributed by atoms with E-state index in [0.29, 0.717) is 0 Å². The first kappa shape index (κ1) is 8.17. The van der Waals surface area contributed by atoms with E-state index in [1.54, 1.807) is 3.51 Å². The Morgan fingerprint density at radius 3 is 2.92 bits per heavy atom. The molecule has 62 valence electrons. The van der Waals surface area contributed by atoms with Crippen LogP contribution in [0, 0.1) is 0 Å². The Morgan fingerprint density at radius 1 is 1.25 bits per heavy atom. The van der Waals surface area contributed by atoms with Gasteiger partial charge in [0.25, 0.3) is 0 Å². The molecule has 0 bridgehead atoms. The molecule has 0 radical (unpaired) electrons. The van der Waals surface area contributed by atoms with Crippen molar-refractivity contribution >= 4 is 30.3 Å². The maximum Gasteiger partial charge on any atom is -0.00712 e. The Hall–Kier alpha value is -0.440. The average Bonchev–Trinajstić information content (AvgIpc) is 2.17. The van der Waals surface area contributed by atoms with Crippen molar-refractivity contribution in [2.75, 3.05) is 0 Å². The van der Waals surface area contributed by atoms with Gasteiger partial charge in [-0.05, 0) is 31.2 Å². The zero-order valence-electron chi connectivity index (χ0n) is 7.05. The molecule has 0 aliphatic carbocycles. The van der Waals surface area contributed by atoms with Crippen molar-refractivity contribution < 1.29 is 0 Å². The number of halogens is 1. The number of hydrogen-bond donors (Lipinski definition) is 0. The lowest BCUT2D eigenvalue weighted by molar-refractivity contribution is 1.31. The van der Waals surface area contributed by atoms with E-state index in [4.69, 9.17) is 0 Å². The molecule has 1 aliphatic rings. The standard InChI is InChI=1S/C11H11I/c1-2-11-10-6-4-3-5-9(10)7-8-12-11/h3-8H,2H2,1H3. The molecule has 0 unspecified atom stereocenters. The van der Waals surface area contributed by atoms with E-state index in [0.717, 1.165) is 0 Å². The SMILES string of the molecule is CCC1=IC=Cc2ccccc21. The summed E-state index contributed by atoms with van der Waals surface area (Å²) in [6.45, 7) is 2.25. The van der Waals surface area contributed by atoms with Crippen LogP contribution in [0.25, 0.3) is 6.08 Å². The van der Waals surface area contributed by atoms with Gasteiger partial charge in [-0.25, -0.2) is 0 Å². The van der Waals surface area contributed by atoms with Crippen molar-refractivity contribution in [3.05, 3.63) is 39.5 Å². The molecule has 0 fully saturated rings. The van der Waals surface area contributed by atoms with Crippen LogP contribution < -0.4 is 0 Å². The molecule has 1 heteroatoms. The van der Waals surface area contributed by atoms with Crippen LogP contribution in [0.4, 0.5) is 0 Å². The Balaban J connectivity index is 2.57. The highest BCUT2D eigenvalue weighted by Crippen LogP contribution is 2.24. The molecule has 0 N–H and O–H groups in total. The lowest BCUT2D eigenvalue weighted by Gasteiger charge is -2.10. The fourth-order valence-electron chi connectivity index (χ4n) is 1.39. The van der Waals surface area contributed by atoms with Crippen LogP contribution in [0.1, 0.15) is 24.5 Å². The van der Waals surface area contributed by atoms with Crippen molar-refractivity contribution in [2.45, 2.75) is 13.3 Å². The first-order valence-corrected chi connectivity index (χ1v) is 6.49. The highest BCUT2D eigenvalue weighted by Gasteiger charge is 2.05. The van der Waals surface area contributed by atoms with E-state index in [2.05, 4.69) is 41.3 Å². The van der Waals surface area contributed by atoms with Gasteiger partial charge in [0.1, 0.15) is 0 Å². The highest BCUT2D eigenvalue weighted by molar-refractivity contribution is 14.2. The maximum atomic E-state index is 2.36. The number of hydrogen-bond acceptors (Lipinski definition) is 0. The second kappa shape index (κ2) is 3.52. The van der Waals surface area contributed by atoms with Crippen LogP contribution in [0.2, 0.25) is 0 Å². The number of benzene rings is 1. The van der Waals surface area contributed by atoms with Crippen LogP contribution in [0.5, 0.6) is 0 Å². The van der Waals surface area contributed by atoms with Gasteiger partial charge in [0.15, 0.2) is 0 Å². The third kappa shape index (κ3) is 1.38. The first-order valence-electron chi connectivity index (χ1n) is 4.17. The fraction of sp³-hybridized carbons (Fsp3) is 0.182. The van der Waals surface area contributed by atoms with Gasteiger partial charge in [-0.1, -0.05) is 51.9 Å². The molecule has 1 heterocycles. The average molecular weight is 270 g/mol. The van der Waals surface area contributed by atoms with Gasteiger partial charge in [0, 0.05) is 0 Å². The third-order valence-corrected chi connectivity index (χ3v) is 4.82. The fourth-order valence-corrected chi connectivity index (χ4v) is 3.66. The van der Waals surface area contributed by atoms with Gasteiger partial charge < -0.3 is 0 Å². The minimum atomic E-state index is 0.196. The normalized spacial score (nSPS) is 14.6. The Kier molecular flexibility index (Phi) is 2.40. The summed E-state index contributed by atoms with van der Waals surface area (Å²) >= 11 is 0.196. The number of rotatable bonds is 1. The Labute approximate surface area is 83.1 Å². The Bertz CT molecular complexity index is 348. The molecule has 2 rings (SSSR count). The molecule has 1 aromatic carbocycles. The van der Waals surface area contributed by atoms with Gasteiger partial charge in [-0.3, -0.25) is 0 Å². The van der Waals surface area contributed by atoms with Gasteiger partial charge in [-0.15, -0.1) is 0 Å². The minimum absolute atomic E-state index is 0.196. The van der Waals surface area contributed by atoms with E-state index in [1.807, 2.05) is 0 Å². The molecule has 0 saturated carbocycles. The molecule has 0 saturated heterocycles. The van der Waals surface area contributed by atoms with E-state index < -0.39 is 0 Å². The quantitative estimate of drug-likeness (QED) is 0.684. The second-order valence-electron chi connectivity index (χ2n) is 2.75. The maximum absolute atomic E-state index is 2.36. The summed E-state index contributed by atoms with van der Waals surface area (Å²) in [5.74, 6) is 0. The van der Waals surface area contributed by atoms with Gasteiger partial charge >= 0.3 is 0 Å². The Morgan fingerprint density at radius 2 is 2.08 bits per heavy atom. The summed E-state index contributed by atoms with van der Waals surface area (Å²) < 4.78 is 4.03. The summed E-state index contributed by atoms with van der Waals surface area (Å²) in [5, 5.41) is 0. The van der Waals surface area contributed by atoms with Crippen LogP contribution in [-0.2, 0) is 0 Å². The molecule has 12 heavy (non-hydrogen) atoms. The van der Waals surface area contributed by atoms with Crippen molar-refractivity contribution in [2.24, 2.45) is 0 Å². The zero-order valence-corrected chi connectivity index (χ0v) is 9.21. The molecule has 0 amide bonds. The summed E-state index contributed by atoms with van der Waals surface area (Å²) in [5.41, 5.74) is 2.90. The van der Waals surface area contributed by atoms with Gasteiger partial charge in [0.2, 0.25) is 0 Å². The molecule has 0 nitrogen and oxygen atoms in total. The molecule has 0 atom stereocenters. The summed E-state index contributed by atoms with van der Waals surface area (Å²) in [6.07, 6.45) is 3.48. The minimum Gasteiger partial charge on any atom is -0.0895 e.